The average Bonchev–Trinajstić information content (AvgIpc) is 3.20. The molecule has 2 aliphatic carbocycles. The van der Waals surface area contributed by atoms with Crippen LogP contribution in [0.5, 0.6) is 0 Å². The maximum Gasteiger partial charge on any atom is 0.0777 e. The Kier molecular flexibility index (Phi) is 5.44. The van der Waals surface area contributed by atoms with E-state index in [0.29, 0.717) is 11.8 Å². The Labute approximate surface area is 180 Å². The highest BCUT2D eigenvalue weighted by Gasteiger charge is 2.40. The summed E-state index contributed by atoms with van der Waals surface area (Å²) < 4.78 is 0. The van der Waals surface area contributed by atoms with Gasteiger partial charge in [-0.25, -0.2) is 0 Å². The van der Waals surface area contributed by atoms with E-state index < -0.39 is 0 Å². The average molecular weight is 407 g/mol. The van der Waals surface area contributed by atoms with Crippen LogP contribution in [0.4, 0.5) is 0 Å². The van der Waals surface area contributed by atoms with Crippen LogP contribution in [0.25, 0.3) is 0 Å². The topological polar surface area (TPSA) is 46.9 Å². The van der Waals surface area contributed by atoms with Crippen LogP contribution in [0.15, 0.2) is 48.5 Å². The fourth-order valence-corrected chi connectivity index (χ4v) is 6.31. The van der Waals surface area contributed by atoms with Crippen LogP contribution >= 0.6 is 0 Å². The van der Waals surface area contributed by atoms with E-state index in [1.165, 1.54) is 22.3 Å². The van der Waals surface area contributed by atoms with E-state index in [2.05, 4.69) is 72.2 Å². The lowest BCUT2D eigenvalue weighted by Crippen LogP contribution is -2.49. The number of aliphatic hydroxyl groups excluding tert-OH is 2. The summed E-state index contributed by atoms with van der Waals surface area (Å²) in [4.78, 5) is 5.06. The van der Waals surface area contributed by atoms with Crippen molar-refractivity contribution >= 4 is 0 Å². The third-order valence-electron chi connectivity index (χ3n) is 7.31. The summed E-state index contributed by atoms with van der Waals surface area (Å²) in [5.41, 5.74) is 5.21. The molecule has 0 saturated carbocycles. The van der Waals surface area contributed by atoms with Crippen LogP contribution in [0.3, 0.4) is 0 Å². The van der Waals surface area contributed by atoms with E-state index in [-0.39, 0.29) is 24.3 Å². The van der Waals surface area contributed by atoms with Gasteiger partial charge in [0.25, 0.3) is 0 Å². The lowest BCUT2D eigenvalue weighted by atomic mass is 9.96. The predicted molar refractivity (Wildman–Crippen MR) is 119 cm³/mol. The first-order valence-corrected chi connectivity index (χ1v) is 11.5. The molecule has 0 unspecified atom stereocenters. The molecule has 0 amide bonds. The lowest BCUT2D eigenvalue weighted by Gasteiger charge is -2.43. The highest BCUT2D eigenvalue weighted by Crippen LogP contribution is 2.40. The molecule has 160 valence electrons. The fourth-order valence-electron chi connectivity index (χ4n) is 6.31. The quantitative estimate of drug-likeness (QED) is 0.804. The summed E-state index contributed by atoms with van der Waals surface area (Å²) in [6.45, 7) is 8.53. The SMILES string of the molecule is CC1CN([C@@H]2c3ccccc3C[C@@H]2O)CC(C)CN([C@@H]2c3ccccc3C[C@@H]2O)C1. The molecule has 0 spiro atoms. The second kappa shape index (κ2) is 8.08. The Morgan fingerprint density at radius 1 is 0.633 bits per heavy atom. The molecule has 4 atom stereocenters. The molecule has 2 aromatic carbocycles. The van der Waals surface area contributed by atoms with Crippen LogP contribution in [0, 0.1) is 11.8 Å². The van der Waals surface area contributed by atoms with Gasteiger partial charge in [-0.15, -0.1) is 0 Å². The molecule has 1 aliphatic heterocycles. The number of fused-ring (bicyclic) bond motifs is 2. The summed E-state index contributed by atoms with van der Waals surface area (Å²) in [6.07, 6.45) is 0.885. The lowest BCUT2D eigenvalue weighted by molar-refractivity contribution is -0.00331. The zero-order valence-corrected chi connectivity index (χ0v) is 18.1. The van der Waals surface area contributed by atoms with Crippen LogP contribution in [0.2, 0.25) is 0 Å². The molecule has 2 aromatic rings. The first-order valence-electron chi connectivity index (χ1n) is 11.5. The molecule has 1 saturated heterocycles. The number of hydrogen-bond donors (Lipinski definition) is 2. The summed E-state index contributed by atoms with van der Waals surface area (Å²) in [5.74, 6) is 0.940. The van der Waals surface area contributed by atoms with E-state index in [1.54, 1.807) is 0 Å². The van der Waals surface area contributed by atoms with Crippen molar-refractivity contribution < 1.29 is 10.2 Å². The zero-order chi connectivity index (χ0) is 20.8. The largest absolute Gasteiger partial charge is 0.391 e. The second-order valence-electron chi connectivity index (χ2n) is 9.95. The first kappa shape index (κ1) is 20.2. The Bertz CT molecular complexity index is 815. The van der Waals surface area contributed by atoms with E-state index in [0.717, 1.165) is 39.0 Å². The van der Waals surface area contributed by atoms with Crippen molar-refractivity contribution in [3.63, 3.8) is 0 Å². The van der Waals surface area contributed by atoms with Gasteiger partial charge in [0.2, 0.25) is 0 Å². The molecule has 2 N–H and O–H groups in total. The van der Waals surface area contributed by atoms with Crippen molar-refractivity contribution in [2.75, 3.05) is 26.2 Å². The minimum absolute atomic E-state index is 0.107. The standard InChI is InChI=1S/C26H34N2O2/c1-17-13-27(25-21-9-5-3-7-19(21)11-23(25)29)15-18(2)16-28(14-17)26-22-10-6-4-8-20(22)12-24(26)30/h3-10,17-18,23-26,29-30H,11-16H2,1-2H3/t17?,18?,23-,24-,25+,26+/m0/s1. The molecule has 1 heterocycles. The molecule has 4 heteroatoms. The third-order valence-corrected chi connectivity index (χ3v) is 7.31. The molecule has 3 aliphatic rings. The molecule has 0 bridgehead atoms. The summed E-state index contributed by atoms with van der Waals surface area (Å²) >= 11 is 0. The summed E-state index contributed by atoms with van der Waals surface area (Å²) in [5, 5.41) is 21.8. The number of benzene rings is 2. The minimum Gasteiger partial charge on any atom is -0.391 e. The number of nitrogens with zero attached hydrogens (tertiary/aromatic N) is 2. The van der Waals surface area contributed by atoms with E-state index in [4.69, 9.17) is 0 Å². The number of rotatable bonds is 2. The number of aliphatic hydroxyl groups is 2. The van der Waals surface area contributed by atoms with E-state index >= 15 is 0 Å². The maximum absolute atomic E-state index is 10.9. The van der Waals surface area contributed by atoms with Crippen molar-refractivity contribution in [3.05, 3.63) is 70.8 Å². The molecular weight excluding hydrogens is 372 g/mol. The highest BCUT2D eigenvalue weighted by molar-refractivity contribution is 5.37. The Hall–Kier alpha value is -1.72. The van der Waals surface area contributed by atoms with Crippen molar-refractivity contribution in [1.82, 2.24) is 9.80 Å². The van der Waals surface area contributed by atoms with Crippen LogP contribution in [-0.4, -0.2) is 58.4 Å². The van der Waals surface area contributed by atoms with Crippen molar-refractivity contribution in [2.45, 2.75) is 51.0 Å². The summed E-state index contributed by atoms with van der Waals surface area (Å²) in [7, 11) is 0. The normalized spacial score (nSPS) is 34.9. The highest BCUT2D eigenvalue weighted by atomic mass is 16.3. The minimum atomic E-state index is -0.319. The molecular formula is C26H34N2O2. The zero-order valence-electron chi connectivity index (χ0n) is 18.1. The van der Waals surface area contributed by atoms with Gasteiger partial charge >= 0.3 is 0 Å². The van der Waals surface area contributed by atoms with Crippen LogP contribution in [0.1, 0.15) is 48.2 Å². The van der Waals surface area contributed by atoms with Gasteiger partial charge in [-0.1, -0.05) is 62.4 Å². The fraction of sp³-hybridized carbons (Fsp3) is 0.538. The second-order valence-corrected chi connectivity index (χ2v) is 9.95. The van der Waals surface area contributed by atoms with E-state index in [1.807, 2.05) is 0 Å². The van der Waals surface area contributed by atoms with Crippen LogP contribution in [-0.2, 0) is 12.8 Å². The van der Waals surface area contributed by atoms with Crippen LogP contribution < -0.4 is 0 Å². The van der Waals surface area contributed by atoms with Crippen molar-refractivity contribution in [2.24, 2.45) is 11.8 Å². The van der Waals surface area contributed by atoms with Crippen molar-refractivity contribution in [1.29, 1.82) is 0 Å². The van der Waals surface area contributed by atoms with Gasteiger partial charge in [0.05, 0.1) is 24.3 Å². The van der Waals surface area contributed by atoms with Gasteiger partial charge in [-0.2, -0.15) is 0 Å². The molecule has 0 radical (unpaired) electrons. The Balaban J connectivity index is 1.37. The monoisotopic (exact) mass is 406 g/mol. The first-order chi connectivity index (χ1) is 14.5. The van der Waals surface area contributed by atoms with Gasteiger partial charge in [-0.05, 0) is 34.1 Å². The van der Waals surface area contributed by atoms with Gasteiger partial charge in [0.1, 0.15) is 0 Å². The third kappa shape index (κ3) is 3.60. The van der Waals surface area contributed by atoms with Crippen molar-refractivity contribution in [3.8, 4) is 0 Å². The molecule has 30 heavy (non-hydrogen) atoms. The van der Waals surface area contributed by atoms with Gasteiger partial charge in [0.15, 0.2) is 0 Å². The van der Waals surface area contributed by atoms with Gasteiger partial charge in [0, 0.05) is 39.0 Å². The molecule has 4 nitrogen and oxygen atoms in total. The maximum atomic E-state index is 10.9. The van der Waals surface area contributed by atoms with Gasteiger partial charge < -0.3 is 10.2 Å². The smallest absolute Gasteiger partial charge is 0.0777 e. The Morgan fingerprint density at radius 3 is 1.40 bits per heavy atom. The Morgan fingerprint density at radius 2 is 1.00 bits per heavy atom. The van der Waals surface area contributed by atoms with E-state index in [9.17, 15) is 10.2 Å². The molecule has 1 fully saturated rings. The number of hydrogen-bond acceptors (Lipinski definition) is 4. The molecule has 5 rings (SSSR count). The summed E-state index contributed by atoms with van der Waals surface area (Å²) in [6, 6.07) is 17.3. The molecule has 0 aromatic heterocycles. The van der Waals surface area contributed by atoms with Gasteiger partial charge in [-0.3, -0.25) is 9.80 Å². The predicted octanol–water partition coefficient (Wildman–Crippen LogP) is 3.19.